The van der Waals surface area contributed by atoms with Crippen molar-refractivity contribution < 1.29 is 9.18 Å². The van der Waals surface area contributed by atoms with Gasteiger partial charge in [0.1, 0.15) is 17.3 Å². The summed E-state index contributed by atoms with van der Waals surface area (Å²) in [6.07, 6.45) is 3.45. The van der Waals surface area contributed by atoms with Crippen molar-refractivity contribution in [2.24, 2.45) is 0 Å². The highest BCUT2D eigenvalue weighted by molar-refractivity contribution is 5.92. The third kappa shape index (κ3) is 5.09. The van der Waals surface area contributed by atoms with Crippen molar-refractivity contribution in [3.8, 4) is 6.07 Å². The van der Waals surface area contributed by atoms with Gasteiger partial charge in [0.25, 0.3) is 5.91 Å². The first-order chi connectivity index (χ1) is 13.1. The zero-order valence-corrected chi connectivity index (χ0v) is 14.3. The van der Waals surface area contributed by atoms with Crippen LogP contribution in [0.2, 0.25) is 0 Å². The number of amides is 1. The molecule has 1 heterocycles. The Balaban J connectivity index is 1.52. The average Bonchev–Trinajstić information content (AvgIpc) is 2.70. The molecule has 7 heteroatoms. The molecule has 134 valence electrons. The zero-order chi connectivity index (χ0) is 19.1. The summed E-state index contributed by atoms with van der Waals surface area (Å²) < 4.78 is 12.9. The molecule has 1 amide bonds. The number of nitrogens with one attached hydrogen (secondary N) is 2. The number of nitrogens with zero attached hydrogens (tertiary/aromatic N) is 3. The van der Waals surface area contributed by atoms with Gasteiger partial charge in [-0.1, -0.05) is 12.1 Å². The molecular weight excluding hydrogens is 345 g/mol. The quantitative estimate of drug-likeness (QED) is 0.704. The summed E-state index contributed by atoms with van der Waals surface area (Å²) in [5.41, 5.74) is 2.48. The topological polar surface area (TPSA) is 90.7 Å². The van der Waals surface area contributed by atoms with Crippen molar-refractivity contribution >= 4 is 17.4 Å². The predicted octanol–water partition coefficient (Wildman–Crippen LogP) is 3.20. The number of anilines is 2. The van der Waals surface area contributed by atoms with E-state index in [-0.39, 0.29) is 17.4 Å². The summed E-state index contributed by atoms with van der Waals surface area (Å²) in [5.74, 6) is -0.120. The van der Waals surface area contributed by atoms with E-state index >= 15 is 0 Å². The number of rotatable bonds is 6. The van der Waals surface area contributed by atoms with Crippen LogP contribution in [0.1, 0.15) is 21.6 Å². The number of aromatic nitrogens is 2. The molecule has 27 heavy (non-hydrogen) atoms. The Hall–Kier alpha value is -3.79. The van der Waals surface area contributed by atoms with Crippen molar-refractivity contribution in [2.75, 3.05) is 11.9 Å². The minimum Gasteiger partial charge on any atom is -0.350 e. The van der Waals surface area contributed by atoms with E-state index in [1.54, 1.807) is 36.4 Å². The maximum absolute atomic E-state index is 12.9. The van der Waals surface area contributed by atoms with Gasteiger partial charge in [0.2, 0.25) is 0 Å². The lowest BCUT2D eigenvalue weighted by molar-refractivity contribution is 0.0949. The number of carbonyl (C=O) groups is 1. The predicted molar refractivity (Wildman–Crippen MR) is 98.9 cm³/mol. The Bertz CT molecular complexity index is 948. The van der Waals surface area contributed by atoms with E-state index in [0.29, 0.717) is 24.3 Å². The van der Waals surface area contributed by atoms with E-state index in [1.807, 2.05) is 0 Å². The Morgan fingerprint density at radius 1 is 1.04 bits per heavy atom. The molecule has 0 radical (unpaired) electrons. The molecule has 0 aliphatic carbocycles. The van der Waals surface area contributed by atoms with E-state index in [2.05, 4.69) is 26.7 Å². The molecule has 1 aromatic heterocycles. The molecule has 0 aliphatic rings. The first-order valence-electron chi connectivity index (χ1n) is 8.26. The second kappa shape index (κ2) is 8.54. The Kier molecular flexibility index (Phi) is 5.70. The molecule has 2 aromatic carbocycles. The molecule has 0 saturated carbocycles. The first kappa shape index (κ1) is 18.0. The second-order valence-electron chi connectivity index (χ2n) is 5.73. The van der Waals surface area contributed by atoms with Gasteiger partial charge in [0, 0.05) is 12.2 Å². The monoisotopic (exact) mass is 361 g/mol. The molecule has 0 bridgehead atoms. The SMILES string of the molecule is N#Cc1ccc(Nc2cnc(C(=O)NCCc3ccc(F)cc3)cn2)cc1. The summed E-state index contributed by atoms with van der Waals surface area (Å²) in [5, 5.41) is 14.6. The van der Waals surface area contributed by atoms with Crippen molar-refractivity contribution in [1.82, 2.24) is 15.3 Å². The minimum atomic E-state index is -0.325. The van der Waals surface area contributed by atoms with E-state index in [1.165, 1.54) is 24.5 Å². The fraction of sp³-hybridized carbons (Fsp3) is 0.100. The summed E-state index contributed by atoms with van der Waals surface area (Å²) in [6.45, 7) is 0.414. The molecule has 0 saturated heterocycles. The number of carbonyl (C=O) groups excluding carboxylic acids is 1. The van der Waals surface area contributed by atoms with Crippen LogP contribution in [0.25, 0.3) is 0 Å². The second-order valence-corrected chi connectivity index (χ2v) is 5.73. The summed E-state index contributed by atoms with van der Waals surface area (Å²) in [6, 6.07) is 15.1. The van der Waals surface area contributed by atoms with Gasteiger partial charge in [-0.25, -0.2) is 14.4 Å². The molecule has 3 rings (SSSR count). The number of hydrogen-bond donors (Lipinski definition) is 2. The van der Waals surface area contributed by atoms with Gasteiger partial charge in [-0.3, -0.25) is 4.79 Å². The van der Waals surface area contributed by atoms with Gasteiger partial charge < -0.3 is 10.6 Å². The van der Waals surface area contributed by atoms with Crippen LogP contribution in [0.3, 0.4) is 0 Å². The molecule has 0 fully saturated rings. The third-order valence-corrected chi connectivity index (χ3v) is 3.78. The van der Waals surface area contributed by atoms with E-state index in [9.17, 15) is 9.18 Å². The Morgan fingerprint density at radius 3 is 2.41 bits per heavy atom. The zero-order valence-electron chi connectivity index (χ0n) is 14.3. The van der Waals surface area contributed by atoms with Crippen LogP contribution in [-0.2, 0) is 6.42 Å². The maximum Gasteiger partial charge on any atom is 0.271 e. The minimum absolute atomic E-state index is 0.208. The van der Waals surface area contributed by atoms with Crippen LogP contribution >= 0.6 is 0 Å². The number of benzene rings is 2. The van der Waals surface area contributed by atoms with Gasteiger partial charge in [-0.2, -0.15) is 5.26 Å². The van der Waals surface area contributed by atoms with Crippen molar-refractivity contribution in [2.45, 2.75) is 6.42 Å². The first-order valence-corrected chi connectivity index (χ1v) is 8.26. The lowest BCUT2D eigenvalue weighted by Gasteiger charge is -2.07. The van der Waals surface area contributed by atoms with Crippen LogP contribution in [0, 0.1) is 17.1 Å². The fourth-order valence-electron chi connectivity index (χ4n) is 2.35. The Labute approximate surface area is 155 Å². The molecule has 2 N–H and O–H groups in total. The number of nitriles is 1. The van der Waals surface area contributed by atoms with Gasteiger partial charge in [-0.05, 0) is 48.4 Å². The standard InChI is InChI=1S/C20H16FN5O/c21-16-5-1-14(2-6-16)9-10-23-20(27)18-12-25-19(13-24-18)26-17-7-3-15(11-22)4-8-17/h1-8,12-13H,9-10H2,(H,23,27)(H,25,26). The summed E-state index contributed by atoms with van der Waals surface area (Å²) >= 11 is 0. The van der Waals surface area contributed by atoms with Crippen LogP contribution < -0.4 is 10.6 Å². The molecule has 0 aliphatic heterocycles. The van der Waals surface area contributed by atoms with Gasteiger partial charge in [0.05, 0.1) is 24.0 Å². The Morgan fingerprint density at radius 2 is 1.78 bits per heavy atom. The average molecular weight is 361 g/mol. The highest BCUT2D eigenvalue weighted by atomic mass is 19.1. The molecule has 6 nitrogen and oxygen atoms in total. The third-order valence-electron chi connectivity index (χ3n) is 3.78. The van der Waals surface area contributed by atoms with E-state index in [0.717, 1.165) is 11.3 Å². The van der Waals surface area contributed by atoms with Crippen LogP contribution in [0.15, 0.2) is 60.9 Å². The highest BCUT2D eigenvalue weighted by Crippen LogP contribution is 2.14. The summed E-state index contributed by atoms with van der Waals surface area (Å²) in [7, 11) is 0. The van der Waals surface area contributed by atoms with Crippen LogP contribution in [-0.4, -0.2) is 22.4 Å². The lowest BCUT2D eigenvalue weighted by atomic mass is 10.1. The van der Waals surface area contributed by atoms with E-state index in [4.69, 9.17) is 5.26 Å². The maximum atomic E-state index is 12.9. The van der Waals surface area contributed by atoms with Crippen LogP contribution in [0.5, 0.6) is 0 Å². The largest absolute Gasteiger partial charge is 0.350 e. The van der Waals surface area contributed by atoms with Gasteiger partial charge in [0.15, 0.2) is 0 Å². The molecule has 3 aromatic rings. The number of halogens is 1. The van der Waals surface area contributed by atoms with Crippen molar-refractivity contribution in [1.29, 1.82) is 5.26 Å². The van der Waals surface area contributed by atoms with Crippen molar-refractivity contribution in [3.05, 3.63) is 83.6 Å². The molecule has 0 unspecified atom stereocenters. The van der Waals surface area contributed by atoms with Gasteiger partial charge in [-0.15, -0.1) is 0 Å². The smallest absolute Gasteiger partial charge is 0.271 e. The van der Waals surface area contributed by atoms with Crippen LogP contribution in [0.4, 0.5) is 15.9 Å². The molecule has 0 atom stereocenters. The van der Waals surface area contributed by atoms with Crippen molar-refractivity contribution in [3.63, 3.8) is 0 Å². The van der Waals surface area contributed by atoms with E-state index < -0.39 is 0 Å². The summed E-state index contributed by atoms with van der Waals surface area (Å²) in [4.78, 5) is 20.4. The highest BCUT2D eigenvalue weighted by Gasteiger charge is 2.08. The lowest BCUT2D eigenvalue weighted by Crippen LogP contribution is -2.26. The molecule has 0 spiro atoms. The normalized spacial score (nSPS) is 10.1. The fourth-order valence-corrected chi connectivity index (χ4v) is 2.35. The number of hydrogen-bond acceptors (Lipinski definition) is 5. The molecular formula is C20H16FN5O. The van der Waals surface area contributed by atoms with Gasteiger partial charge >= 0.3 is 0 Å².